The number of H-pyrrole nitrogens is 1. The molecular formula is C12H13ClN4O. The van der Waals surface area contributed by atoms with Crippen LogP contribution < -0.4 is 17.4 Å². The van der Waals surface area contributed by atoms with E-state index in [9.17, 15) is 0 Å². The predicted octanol–water partition coefficient (Wildman–Crippen LogP) is -2.11. The molecule has 0 atom stereocenters. The highest BCUT2D eigenvalue weighted by molar-refractivity contribution is 5.73. The molecule has 2 rings (SSSR count). The van der Waals surface area contributed by atoms with Gasteiger partial charge in [-0.05, 0) is 24.5 Å². The zero-order chi connectivity index (χ0) is 11.9. The molecule has 0 aliphatic carbocycles. The van der Waals surface area contributed by atoms with Gasteiger partial charge in [-0.2, -0.15) is 0 Å². The van der Waals surface area contributed by atoms with E-state index >= 15 is 0 Å². The zero-order valence-electron chi connectivity index (χ0n) is 9.62. The Balaban J connectivity index is 0.00000162. The number of pyridine rings is 1. The fourth-order valence-electron chi connectivity index (χ4n) is 1.49. The molecular weight excluding hydrogens is 252 g/mol. The molecule has 6 heteroatoms. The number of aryl methyl sites for hydroxylation is 2. The van der Waals surface area contributed by atoms with Crippen LogP contribution in [0.3, 0.4) is 0 Å². The number of hydrogen-bond donors (Lipinski definition) is 1. The first-order valence-corrected chi connectivity index (χ1v) is 5.32. The molecule has 0 aromatic carbocycles. The second kappa shape index (κ2) is 7.34. The van der Waals surface area contributed by atoms with Crippen molar-refractivity contribution in [2.24, 2.45) is 5.16 Å². The summed E-state index contributed by atoms with van der Waals surface area (Å²) in [5.74, 6) is 0.407. The summed E-state index contributed by atoms with van der Waals surface area (Å²) in [4.78, 5) is 11.2. The van der Waals surface area contributed by atoms with Crippen molar-refractivity contribution < 1.29 is 22.6 Å². The van der Waals surface area contributed by atoms with Crippen LogP contribution in [0.15, 0.2) is 42.1 Å². The van der Waals surface area contributed by atoms with Gasteiger partial charge in [-0.1, -0.05) is 5.16 Å². The van der Waals surface area contributed by atoms with Crippen LogP contribution in [0.25, 0.3) is 0 Å². The molecule has 0 spiro atoms. The summed E-state index contributed by atoms with van der Waals surface area (Å²) in [6.45, 7) is 0. The highest BCUT2D eigenvalue weighted by Crippen LogP contribution is 2.03. The van der Waals surface area contributed by atoms with E-state index in [4.69, 9.17) is 5.21 Å². The molecule has 0 unspecified atom stereocenters. The topological polar surface area (TPSA) is 72.5 Å². The lowest BCUT2D eigenvalue weighted by molar-refractivity contribution is -0.378. The molecule has 0 radical (unpaired) electrons. The summed E-state index contributed by atoms with van der Waals surface area (Å²) in [6, 6.07) is 4.05. The third-order valence-electron chi connectivity index (χ3n) is 2.37. The molecule has 0 aliphatic rings. The second-order valence-corrected chi connectivity index (χ2v) is 3.61. The Kier molecular flexibility index (Phi) is 5.73. The molecule has 94 valence electrons. The van der Waals surface area contributed by atoms with Crippen molar-refractivity contribution in [3.05, 3.63) is 53.9 Å². The fourth-order valence-corrected chi connectivity index (χ4v) is 1.49. The molecule has 5 nitrogen and oxygen atoms in total. The highest BCUT2D eigenvalue weighted by atomic mass is 35.5. The maximum atomic E-state index is 8.33. The Morgan fingerprint density at radius 3 is 2.56 bits per heavy atom. The van der Waals surface area contributed by atoms with Gasteiger partial charge in [0.1, 0.15) is 6.21 Å². The Bertz CT molecular complexity index is 487. The summed E-state index contributed by atoms with van der Waals surface area (Å²) >= 11 is 0. The zero-order valence-corrected chi connectivity index (χ0v) is 10.4. The summed E-state index contributed by atoms with van der Waals surface area (Å²) in [7, 11) is 0. The number of aromatic nitrogens is 3. The molecule has 18 heavy (non-hydrogen) atoms. The molecule has 0 saturated heterocycles. The Morgan fingerprint density at radius 2 is 1.94 bits per heavy atom. The van der Waals surface area contributed by atoms with Crippen LogP contribution in [0.5, 0.6) is 0 Å². The van der Waals surface area contributed by atoms with Crippen molar-refractivity contribution in [1.82, 2.24) is 9.97 Å². The normalized spacial score (nSPS) is 10.2. The summed E-state index contributed by atoms with van der Waals surface area (Å²) in [5.41, 5.74) is 2.30. The van der Waals surface area contributed by atoms with Crippen LogP contribution in [-0.2, 0) is 12.8 Å². The minimum absolute atomic E-state index is 0. The second-order valence-electron chi connectivity index (χ2n) is 3.61. The van der Waals surface area contributed by atoms with Gasteiger partial charge in [0.2, 0.25) is 0 Å². The molecule has 2 aromatic heterocycles. The predicted molar refractivity (Wildman–Crippen MR) is 61.8 cm³/mol. The molecule has 0 saturated carbocycles. The standard InChI is InChI=1S/C12H12N4O.ClH/c17-16-9-12-14-7-11(8-15-12)4-3-10-2-1-5-13-6-10;/h1-2,5-9,17H,3-4H2;1H/b16-9+;. The van der Waals surface area contributed by atoms with E-state index in [0.717, 1.165) is 18.4 Å². The maximum Gasteiger partial charge on any atom is 0.173 e. The first-order chi connectivity index (χ1) is 8.38. The van der Waals surface area contributed by atoms with E-state index in [-0.39, 0.29) is 12.4 Å². The lowest BCUT2D eigenvalue weighted by atomic mass is 10.1. The largest absolute Gasteiger partial charge is 1.00 e. The number of rotatable bonds is 4. The average molecular weight is 265 g/mol. The Labute approximate surface area is 111 Å². The van der Waals surface area contributed by atoms with Gasteiger partial charge in [0.15, 0.2) is 18.2 Å². The van der Waals surface area contributed by atoms with Gasteiger partial charge in [-0.25, -0.2) is 15.0 Å². The van der Waals surface area contributed by atoms with Crippen LogP contribution in [0.4, 0.5) is 0 Å². The van der Waals surface area contributed by atoms with Crippen LogP contribution >= 0.6 is 0 Å². The van der Waals surface area contributed by atoms with E-state index < -0.39 is 0 Å². The molecule has 2 N–H and O–H groups in total. The Hall–Kier alpha value is -2.01. The minimum Gasteiger partial charge on any atom is -1.00 e. The molecule has 0 amide bonds. The maximum absolute atomic E-state index is 8.33. The number of halogens is 1. The van der Waals surface area contributed by atoms with Crippen LogP contribution in [-0.4, -0.2) is 21.4 Å². The van der Waals surface area contributed by atoms with Gasteiger partial charge >= 0.3 is 0 Å². The highest BCUT2D eigenvalue weighted by Gasteiger charge is 1.99. The van der Waals surface area contributed by atoms with Crippen molar-refractivity contribution in [1.29, 1.82) is 0 Å². The molecule has 2 aromatic rings. The van der Waals surface area contributed by atoms with E-state index in [0.29, 0.717) is 5.82 Å². The van der Waals surface area contributed by atoms with E-state index in [1.54, 1.807) is 12.4 Å². The number of nitrogens with zero attached hydrogens (tertiary/aromatic N) is 3. The van der Waals surface area contributed by atoms with Crippen molar-refractivity contribution in [2.75, 3.05) is 0 Å². The number of oxime groups is 1. The van der Waals surface area contributed by atoms with Crippen LogP contribution in [0.2, 0.25) is 0 Å². The van der Waals surface area contributed by atoms with Crippen molar-refractivity contribution in [3.8, 4) is 0 Å². The number of aromatic amines is 1. The lowest BCUT2D eigenvalue weighted by Crippen LogP contribution is -3.00. The monoisotopic (exact) mass is 264 g/mol. The lowest BCUT2D eigenvalue weighted by Gasteiger charge is -1.99. The van der Waals surface area contributed by atoms with Crippen molar-refractivity contribution in [2.45, 2.75) is 12.8 Å². The molecule has 0 bridgehead atoms. The van der Waals surface area contributed by atoms with E-state index in [1.165, 1.54) is 11.8 Å². The molecule has 0 aliphatic heterocycles. The van der Waals surface area contributed by atoms with E-state index in [2.05, 4.69) is 26.2 Å². The van der Waals surface area contributed by atoms with Crippen LogP contribution in [0.1, 0.15) is 17.0 Å². The van der Waals surface area contributed by atoms with Gasteiger partial charge in [-0.15, -0.1) is 0 Å². The summed E-state index contributed by atoms with van der Waals surface area (Å²) < 4.78 is 0. The average Bonchev–Trinajstić information content (AvgIpc) is 2.40. The van der Waals surface area contributed by atoms with Gasteiger partial charge in [0.25, 0.3) is 0 Å². The molecule has 0 fully saturated rings. The van der Waals surface area contributed by atoms with Gasteiger partial charge in [0, 0.05) is 24.0 Å². The summed E-state index contributed by atoms with van der Waals surface area (Å²) in [5, 5.41) is 11.2. The van der Waals surface area contributed by atoms with Crippen LogP contribution in [0, 0.1) is 0 Å². The Morgan fingerprint density at radius 1 is 1.22 bits per heavy atom. The number of hydrogen-bond acceptors (Lipinski definition) is 4. The minimum atomic E-state index is 0. The first kappa shape index (κ1) is 14.1. The fraction of sp³-hybridized carbons (Fsp3) is 0.167. The number of nitrogens with one attached hydrogen (secondary N) is 1. The molecule has 2 heterocycles. The SMILES string of the molecule is O/N=C/c1ncc(CCc2ccc[nH+]c2)cn1.[Cl-]. The van der Waals surface area contributed by atoms with Gasteiger partial charge < -0.3 is 17.6 Å². The van der Waals surface area contributed by atoms with Gasteiger partial charge in [-0.3, -0.25) is 0 Å². The van der Waals surface area contributed by atoms with Crippen molar-refractivity contribution >= 4 is 6.21 Å². The van der Waals surface area contributed by atoms with E-state index in [1.807, 2.05) is 18.5 Å². The van der Waals surface area contributed by atoms with Gasteiger partial charge in [0.05, 0.1) is 0 Å². The third kappa shape index (κ3) is 4.10. The smallest absolute Gasteiger partial charge is 0.173 e. The van der Waals surface area contributed by atoms with Crippen molar-refractivity contribution in [3.63, 3.8) is 0 Å². The first-order valence-electron chi connectivity index (χ1n) is 5.32. The summed E-state index contributed by atoms with van der Waals surface area (Å²) in [6.07, 6.45) is 10.4. The third-order valence-corrected chi connectivity index (χ3v) is 2.37. The quantitative estimate of drug-likeness (QED) is 0.390.